The lowest BCUT2D eigenvalue weighted by Crippen LogP contribution is -2.27. The van der Waals surface area contributed by atoms with Crippen LogP contribution in [0.15, 0.2) is 59.3 Å². The number of thiazole rings is 1. The molecule has 2 N–H and O–H groups in total. The molecule has 3 aromatic rings. The van der Waals surface area contributed by atoms with Crippen LogP contribution < -0.4 is 5.32 Å². The van der Waals surface area contributed by atoms with E-state index in [9.17, 15) is 9.90 Å². The number of hydrogen-bond acceptors (Lipinski definition) is 5. The maximum absolute atomic E-state index is 12.1. The highest BCUT2D eigenvalue weighted by Gasteiger charge is 2.15. The summed E-state index contributed by atoms with van der Waals surface area (Å²) in [4.78, 5) is 16.9. The van der Waals surface area contributed by atoms with Crippen molar-refractivity contribution in [3.8, 4) is 0 Å². The summed E-state index contributed by atoms with van der Waals surface area (Å²) in [6.07, 6.45) is 2.90. The van der Waals surface area contributed by atoms with E-state index in [-0.39, 0.29) is 12.5 Å². The van der Waals surface area contributed by atoms with Gasteiger partial charge in [-0.3, -0.25) is 4.79 Å². The Kier molecular flexibility index (Phi) is 4.85. The molecule has 2 aromatic heterocycles. The fourth-order valence-corrected chi connectivity index (χ4v) is 2.99. The number of hydrogen-bond donors (Lipinski definition) is 2. The number of benzene rings is 1. The smallest absolute Gasteiger partial charge is 0.263 e. The Morgan fingerprint density at radius 1 is 1.26 bits per heavy atom. The first-order chi connectivity index (χ1) is 11.2. The molecule has 0 bridgehead atoms. The van der Waals surface area contributed by atoms with E-state index in [1.807, 2.05) is 30.3 Å². The summed E-state index contributed by atoms with van der Waals surface area (Å²) in [6, 6.07) is 13.3. The van der Waals surface area contributed by atoms with E-state index in [4.69, 9.17) is 4.42 Å². The second-order valence-corrected chi connectivity index (χ2v) is 6.14. The zero-order valence-corrected chi connectivity index (χ0v) is 13.1. The lowest BCUT2D eigenvalue weighted by Gasteiger charge is -2.08. The van der Waals surface area contributed by atoms with E-state index in [0.717, 1.165) is 10.6 Å². The number of carbonyl (C=O) groups is 1. The highest BCUT2D eigenvalue weighted by molar-refractivity contribution is 7.13. The van der Waals surface area contributed by atoms with Gasteiger partial charge in [-0.25, -0.2) is 4.98 Å². The first-order valence-corrected chi connectivity index (χ1v) is 8.02. The van der Waals surface area contributed by atoms with Crippen LogP contribution in [0.2, 0.25) is 0 Å². The summed E-state index contributed by atoms with van der Waals surface area (Å²) in [5.74, 6) is 0.187. The number of rotatable bonds is 6. The van der Waals surface area contributed by atoms with E-state index in [0.29, 0.717) is 17.1 Å². The van der Waals surface area contributed by atoms with Crippen LogP contribution >= 0.6 is 11.3 Å². The van der Waals surface area contributed by atoms with Crippen LogP contribution in [0.4, 0.5) is 0 Å². The molecule has 0 saturated heterocycles. The Hall–Kier alpha value is -2.44. The minimum absolute atomic E-state index is 0.0955. The molecule has 6 heteroatoms. The van der Waals surface area contributed by atoms with Crippen LogP contribution in [0, 0.1) is 0 Å². The first kappa shape index (κ1) is 15.5. The van der Waals surface area contributed by atoms with Gasteiger partial charge in [-0.05, 0) is 17.7 Å². The monoisotopic (exact) mass is 328 g/mol. The van der Waals surface area contributed by atoms with Crippen LogP contribution in [0.3, 0.4) is 0 Å². The molecular formula is C17H16N2O3S. The topological polar surface area (TPSA) is 75.4 Å². The molecule has 5 nitrogen and oxygen atoms in total. The highest BCUT2D eigenvalue weighted by Crippen LogP contribution is 2.17. The Balaban J connectivity index is 1.56. The highest BCUT2D eigenvalue weighted by atomic mass is 32.1. The summed E-state index contributed by atoms with van der Waals surface area (Å²) < 4.78 is 5.09. The van der Waals surface area contributed by atoms with Crippen molar-refractivity contribution in [2.75, 3.05) is 6.54 Å². The summed E-state index contributed by atoms with van der Waals surface area (Å²) >= 11 is 1.36. The Morgan fingerprint density at radius 3 is 2.83 bits per heavy atom. The standard InChI is InChI=1S/C17H16N2O3S/c20-13(14-7-4-8-22-14)10-19-17(21)15-11-18-16(23-15)9-12-5-2-1-3-6-12/h1-8,11,13,20H,9-10H2,(H,19,21). The number of furan rings is 1. The molecule has 2 heterocycles. The number of nitrogens with zero attached hydrogens (tertiary/aromatic N) is 1. The lowest BCUT2D eigenvalue weighted by molar-refractivity contribution is 0.0905. The third kappa shape index (κ3) is 4.06. The van der Waals surface area contributed by atoms with Crippen LogP contribution in [0.1, 0.15) is 32.1 Å². The van der Waals surface area contributed by atoms with Gasteiger partial charge in [-0.15, -0.1) is 11.3 Å². The Morgan fingerprint density at radius 2 is 2.09 bits per heavy atom. The molecule has 1 amide bonds. The summed E-state index contributed by atoms with van der Waals surface area (Å²) in [7, 11) is 0. The van der Waals surface area contributed by atoms with Crippen molar-refractivity contribution >= 4 is 17.2 Å². The van der Waals surface area contributed by atoms with Crippen LogP contribution in [-0.2, 0) is 6.42 Å². The predicted molar refractivity (Wildman–Crippen MR) is 87.4 cm³/mol. The summed E-state index contributed by atoms with van der Waals surface area (Å²) in [5.41, 5.74) is 1.15. The maximum Gasteiger partial charge on any atom is 0.263 e. The molecule has 1 unspecified atom stereocenters. The number of aliphatic hydroxyl groups is 1. The van der Waals surface area contributed by atoms with Gasteiger partial charge in [0.15, 0.2) is 0 Å². The second kappa shape index (κ2) is 7.21. The van der Waals surface area contributed by atoms with Gasteiger partial charge in [0.1, 0.15) is 16.7 Å². The second-order valence-electron chi connectivity index (χ2n) is 5.02. The average Bonchev–Trinajstić information content (AvgIpc) is 3.25. The van der Waals surface area contributed by atoms with Gasteiger partial charge in [0.25, 0.3) is 5.91 Å². The predicted octanol–water partition coefficient (Wildman–Crippen LogP) is 2.79. The van der Waals surface area contributed by atoms with Gasteiger partial charge in [-0.1, -0.05) is 30.3 Å². The van der Waals surface area contributed by atoms with Gasteiger partial charge in [0, 0.05) is 6.42 Å². The van der Waals surface area contributed by atoms with Gasteiger partial charge in [0.05, 0.1) is 24.0 Å². The normalized spacial score (nSPS) is 12.0. The fraction of sp³-hybridized carbons (Fsp3) is 0.176. The summed E-state index contributed by atoms with van der Waals surface area (Å²) in [6.45, 7) is 0.0955. The molecule has 0 aliphatic rings. The van der Waals surface area contributed by atoms with Crippen molar-refractivity contribution in [3.05, 3.63) is 76.1 Å². The van der Waals surface area contributed by atoms with Crippen molar-refractivity contribution in [2.24, 2.45) is 0 Å². The Labute approximate surface area is 137 Å². The molecule has 1 aromatic carbocycles. The molecule has 0 spiro atoms. The van der Waals surface area contributed by atoms with Crippen molar-refractivity contribution < 1.29 is 14.3 Å². The van der Waals surface area contributed by atoms with E-state index < -0.39 is 6.10 Å². The molecule has 118 valence electrons. The number of aliphatic hydroxyl groups excluding tert-OH is 1. The largest absolute Gasteiger partial charge is 0.467 e. The minimum Gasteiger partial charge on any atom is -0.467 e. The van der Waals surface area contributed by atoms with Crippen molar-refractivity contribution in [1.29, 1.82) is 0 Å². The molecule has 0 aliphatic heterocycles. The van der Waals surface area contributed by atoms with E-state index in [1.165, 1.54) is 17.6 Å². The lowest BCUT2D eigenvalue weighted by atomic mass is 10.2. The molecular weight excluding hydrogens is 312 g/mol. The molecule has 1 atom stereocenters. The van der Waals surface area contributed by atoms with Crippen molar-refractivity contribution in [3.63, 3.8) is 0 Å². The zero-order chi connectivity index (χ0) is 16.1. The van der Waals surface area contributed by atoms with Crippen LogP contribution in [-0.4, -0.2) is 22.5 Å². The quantitative estimate of drug-likeness (QED) is 0.729. The molecule has 23 heavy (non-hydrogen) atoms. The van der Waals surface area contributed by atoms with Gasteiger partial charge in [0.2, 0.25) is 0 Å². The van der Waals surface area contributed by atoms with Gasteiger partial charge >= 0.3 is 0 Å². The van der Waals surface area contributed by atoms with E-state index >= 15 is 0 Å². The van der Waals surface area contributed by atoms with Crippen molar-refractivity contribution in [2.45, 2.75) is 12.5 Å². The first-order valence-electron chi connectivity index (χ1n) is 7.20. The molecule has 0 fully saturated rings. The average molecular weight is 328 g/mol. The number of nitrogens with one attached hydrogen (secondary N) is 1. The maximum atomic E-state index is 12.1. The van der Waals surface area contributed by atoms with Gasteiger partial charge < -0.3 is 14.8 Å². The van der Waals surface area contributed by atoms with Crippen LogP contribution in [0.25, 0.3) is 0 Å². The van der Waals surface area contributed by atoms with Crippen molar-refractivity contribution in [1.82, 2.24) is 10.3 Å². The number of amides is 1. The Bertz CT molecular complexity index is 753. The number of carbonyl (C=O) groups excluding carboxylic acids is 1. The molecule has 0 aliphatic carbocycles. The van der Waals surface area contributed by atoms with Crippen LogP contribution in [0.5, 0.6) is 0 Å². The van der Waals surface area contributed by atoms with E-state index in [2.05, 4.69) is 10.3 Å². The fourth-order valence-electron chi connectivity index (χ4n) is 2.13. The molecule has 3 rings (SSSR count). The molecule has 0 saturated carbocycles. The van der Waals surface area contributed by atoms with E-state index in [1.54, 1.807) is 18.3 Å². The third-order valence-electron chi connectivity index (χ3n) is 3.30. The molecule has 0 radical (unpaired) electrons. The summed E-state index contributed by atoms with van der Waals surface area (Å²) in [5, 5.41) is 13.5. The van der Waals surface area contributed by atoms with Gasteiger partial charge in [-0.2, -0.15) is 0 Å². The minimum atomic E-state index is -0.856. The zero-order valence-electron chi connectivity index (χ0n) is 12.3. The third-order valence-corrected chi connectivity index (χ3v) is 4.30. The number of aromatic nitrogens is 1. The SMILES string of the molecule is O=C(NCC(O)c1ccco1)c1cnc(Cc2ccccc2)s1.